The lowest BCUT2D eigenvalue weighted by Gasteiger charge is -2.62. The molecule has 4 unspecified atom stereocenters. The van der Waals surface area contributed by atoms with Gasteiger partial charge in [0.05, 0.1) is 6.10 Å². The van der Waals surface area contributed by atoms with Gasteiger partial charge in [-0.15, -0.1) is 0 Å². The zero-order chi connectivity index (χ0) is 14.8. The highest BCUT2D eigenvalue weighted by Crippen LogP contribution is 2.58. The number of nitrogens with zero attached hydrogens (tertiary/aromatic N) is 2. The van der Waals surface area contributed by atoms with E-state index in [9.17, 15) is 4.79 Å². The van der Waals surface area contributed by atoms with Gasteiger partial charge in [0.2, 0.25) is 5.91 Å². The number of carbonyl (C=O) groups is 1. The summed E-state index contributed by atoms with van der Waals surface area (Å²) in [5.41, 5.74) is 5.71. The van der Waals surface area contributed by atoms with Crippen LogP contribution in [0.2, 0.25) is 0 Å². The van der Waals surface area contributed by atoms with Crippen molar-refractivity contribution in [3.8, 4) is 0 Å². The van der Waals surface area contributed by atoms with Crippen molar-refractivity contribution < 1.29 is 9.53 Å². The highest BCUT2D eigenvalue weighted by Gasteiger charge is 2.72. The van der Waals surface area contributed by atoms with Crippen molar-refractivity contribution in [3.05, 3.63) is 0 Å². The monoisotopic (exact) mass is 293 g/mol. The lowest BCUT2D eigenvalue weighted by atomic mass is 9.47. The van der Waals surface area contributed by atoms with Crippen LogP contribution < -0.4 is 5.73 Å². The van der Waals surface area contributed by atoms with Crippen LogP contribution in [0.15, 0.2) is 0 Å². The molecule has 5 heteroatoms. The summed E-state index contributed by atoms with van der Waals surface area (Å²) in [6.45, 7) is 8.87. The van der Waals surface area contributed by atoms with Crippen molar-refractivity contribution in [3.63, 3.8) is 0 Å². The van der Waals surface area contributed by atoms with Gasteiger partial charge in [0.15, 0.2) is 0 Å². The van der Waals surface area contributed by atoms with Crippen molar-refractivity contribution in [1.29, 1.82) is 0 Å². The molecule has 118 valence electrons. The lowest BCUT2D eigenvalue weighted by Crippen LogP contribution is -2.81. The molecular formula is C16H27N3O2. The van der Waals surface area contributed by atoms with Crippen molar-refractivity contribution in [1.82, 2.24) is 9.80 Å². The molecule has 0 radical (unpaired) electrons. The van der Waals surface area contributed by atoms with Gasteiger partial charge in [-0.3, -0.25) is 9.69 Å². The number of hydrogen-bond donors (Lipinski definition) is 1. The number of nitrogens with two attached hydrogens (primary N) is 1. The molecule has 4 aliphatic rings. The van der Waals surface area contributed by atoms with Crippen LogP contribution in [0.3, 0.4) is 0 Å². The molecule has 3 heterocycles. The molecule has 0 bridgehead atoms. The van der Waals surface area contributed by atoms with Crippen LogP contribution in [-0.2, 0) is 9.53 Å². The highest BCUT2D eigenvalue weighted by molar-refractivity contribution is 5.89. The Morgan fingerprint density at radius 1 is 1.24 bits per heavy atom. The largest absolute Gasteiger partial charge is 0.377 e. The molecule has 4 atom stereocenters. The molecule has 0 aromatic rings. The van der Waals surface area contributed by atoms with Crippen molar-refractivity contribution >= 4 is 5.91 Å². The topological polar surface area (TPSA) is 58.8 Å². The first kappa shape index (κ1) is 14.0. The number of piperazine rings is 1. The summed E-state index contributed by atoms with van der Waals surface area (Å²) in [6, 6.07) is 0.560. The van der Waals surface area contributed by atoms with E-state index in [-0.39, 0.29) is 23.3 Å². The van der Waals surface area contributed by atoms with E-state index < -0.39 is 5.54 Å². The van der Waals surface area contributed by atoms with Gasteiger partial charge in [-0.05, 0) is 25.8 Å². The van der Waals surface area contributed by atoms with E-state index in [2.05, 4.69) is 18.7 Å². The smallest absolute Gasteiger partial charge is 0.243 e. The number of carbonyl (C=O) groups excluding carboxylic acids is 1. The summed E-state index contributed by atoms with van der Waals surface area (Å²) in [6.07, 6.45) is 3.59. The molecule has 1 saturated carbocycles. The molecule has 1 aliphatic carbocycles. The van der Waals surface area contributed by atoms with Crippen molar-refractivity contribution in [2.75, 3.05) is 32.8 Å². The first-order chi connectivity index (χ1) is 9.96. The van der Waals surface area contributed by atoms with Crippen LogP contribution in [0.25, 0.3) is 0 Å². The average Bonchev–Trinajstić information content (AvgIpc) is 3.12. The highest BCUT2D eigenvalue weighted by atomic mass is 16.5. The number of fused-ring (bicyclic) bond motifs is 2. The van der Waals surface area contributed by atoms with E-state index in [0.29, 0.717) is 6.04 Å². The Labute approximate surface area is 126 Å². The minimum Gasteiger partial charge on any atom is -0.377 e. The molecule has 0 aromatic heterocycles. The first-order valence-electron chi connectivity index (χ1n) is 8.40. The van der Waals surface area contributed by atoms with Gasteiger partial charge in [-0.25, -0.2) is 0 Å². The first-order valence-corrected chi connectivity index (χ1v) is 8.40. The SMILES string of the molecule is CC1(C)C2OCCC2C1(N)C(=O)N1CCN2CCCC2C1. The Bertz CT molecular complexity index is 466. The van der Waals surface area contributed by atoms with Crippen LogP contribution >= 0.6 is 0 Å². The second-order valence-electron chi connectivity index (χ2n) is 7.86. The minimum atomic E-state index is -0.727. The number of ether oxygens (including phenoxy) is 1. The summed E-state index contributed by atoms with van der Waals surface area (Å²) >= 11 is 0. The Morgan fingerprint density at radius 3 is 2.86 bits per heavy atom. The van der Waals surface area contributed by atoms with Crippen LogP contribution in [0.4, 0.5) is 0 Å². The van der Waals surface area contributed by atoms with Gasteiger partial charge < -0.3 is 15.4 Å². The van der Waals surface area contributed by atoms with Gasteiger partial charge in [-0.2, -0.15) is 0 Å². The molecule has 0 spiro atoms. The fourth-order valence-corrected chi connectivity index (χ4v) is 5.26. The van der Waals surface area contributed by atoms with Gasteiger partial charge in [0, 0.05) is 43.6 Å². The van der Waals surface area contributed by atoms with E-state index >= 15 is 0 Å². The third-order valence-electron chi connectivity index (χ3n) is 6.68. The summed E-state index contributed by atoms with van der Waals surface area (Å²) in [5.74, 6) is 0.382. The molecule has 0 aromatic carbocycles. The summed E-state index contributed by atoms with van der Waals surface area (Å²) in [5, 5.41) is 0. The third-order valence-corrected chi connectivity index (χ3v) is 6.68. The predicted octanol–water partition coefficient (Wildman–Crippen LogP) is 0.435. The van der Waals surface area contributed by atoms with E-state index in [4.69, 9.17) is 10.5 Å². The maximum atomic E-state index is 13.2. The average molecular weight is 293 g/mol. The lowest BCUT2D eigenvalue weighted by molar-refractivity contribution is -0.186. The van der Waals surface area contributed by atoms with E-state index in [0.717, 1.165) is 32.7 Å². The van der Waals surface area contributed by atoms with Gasteiger partial charge in [0.25, 0.3) is 0 Å². The fourth-order valence-electron chi connectivity index (χ4n) is 5.26. The molecule has 2 N–H and O–H groups in total. The van der Waals surface area contributed by atoms with Gasteiger partial charge in [-0.1, -0.05) is 13.8 Å². The van der Waals surface area contributed by atoms with Gasteiger partial charge in [0.1, 0.15) is 5.54 Å². The summed E-state index contributed by atoms with van der Waals surface area (Å²) in [4.78, 5) is 17.7. The second-order valence-corrected chi connectivity index (χ2v) is 7.86. The molecule has 4 fully saturated rings. The minimum absolute atomic E-state index is 0.166. The third kappa shape index (κ3) is 1.65. The Kier molecular flexibility index (Phi) is 2.95. The summed E-state index contributed by atoms with van der Waals surface area (Å²) in [7, 11) is 0. The van der Waals surface area contributed by atoms with Crippen molar-refractivity contribution in [2.45, 2.75) is 50.8 Å². The maximum absolute atomic E-state index is 13.2. The quantitative estimate of drug-likeness (QED) is 0.762. The normalized spacial score (nSPS) is 45.1. The summed E-state index contributed by atoms with van der Waals surface area (Å²) < 4.78 is 5.81. The zero-order valence-corrected chi connectivity index (χ0v) is 13.2. The van der Waals surface area contributed by atoms with Crippen LogP contribution in [0, 0.1) is 11.3 Å². The number of rotatable bonds is 1. The van der Waals surface area contributed by atoms with Crippen LogP contribution in [-0.4, -0.2) is 66.2 Å². The molecule has 4 rings (SSSR count). The number of amides is 1. The molecular weight excluding hydrogens is 266 g/mol. The Balaban J connectivity index is 1.54. The fraction of sp³-hybridized carbons (Fsp3) is 0.938. The number of hydrogen-bond acceptors (Lipinski definition) is 4. The van der Waals surface area contributed by atoms with E-state index in [1.807, 2.05) is 4.90 Å². The predicted molar refractivity (Wildman–Crippen MR) is 79.7 cm³/mol. The zero-order valence-electron chi connectivity index (χ0n) is 13.2. The molecule has 5 nitrogen and oxygen atoms in total. The molecule has 3 saturated heterocycles. The molecule has 3 aliphatic heterocycles. The Morgan fingerprint density at radius 2 is 2.05 bits per heavy atom. The molecule has 21 heavy (non-hydrogen) atoms. The van der Waals surface area contributed by atoms with Gasteiger partial charge >= 0.3 is 0 Å². The van der Waals surface area contributed by atoms with E-state index in [1.165, 1.54) is 19.4 Å². The van der Waals surface area contributed by atoms with E-state index in [1.54, 1.807) is 0 Å². The van der Waals surface area contributed by atoms with Crippen LogP contribution in [0.1, 0.15) is 33.1 Å². The van der Waals surface area contributed by atoms with Crippen LogP contribution in [0.5, 0.6) is 0 Å². The van der Waals surface area contributed by atoms with Crippen molar-refractivity contribution in [2.24, 2.45) is 17.1 Å². The second kappa shape index (κ2) is 4.43. The molecule has 1 amide bonds. The standard InChI is InChI=1S/C16H27N3O2/c1-15(2)13-12(5-9-21-13)16(15,17)14(20)19-8-7-18-6-3-4-11(18)10-19/h11-13H,3-10,17H2,1-2H3. The Hall–Kier alpha value is -0.650. The maximum Gasteiger partial charge on any atom is 0.243 e.